The van der Waals surface area contributed by atoms with Crippen LogP contribution in [0.15, 0.2) is 18.2 Å². The SMILES string of the molecule is Cc1cccc2c1N(C)C(C)(C)CC2=O. The van der Waals surface area contributed by atoms with Gasteiger partial charge < -0.3 is 4.90 Å². The van der Waals surface area contributed by atoms with Crippen molar-refractivity contribution >= 4 is 11.5 Å². The van der Waals surface area contributed by atoms with Crippen LogP contribution in [0.25, 0.3) is 0 Å². The van der Waals surface area contributed by atoms with Crippen LogP contribution >= 0.6 is 0 Å². The minimum absolute atomic E-state index is 0.0732. The first-order chi connectivity index (χ1) is 6.93. The first kappa shape index (κ1) is 10.2. The lowest BCUT2D eigenvalue weighted by atomic mass is 9.85. The summed E-state index contributed by atoms with van der Waals surface area (Å²) in [7, 11) is 2.07. The number of anilines is 1. The summed E-state index contributed by atoms with van der Waals surface area (Å²) >= 11 is 0. The van der Waals surface area contributed by atoms with Gasteiger partial charge in [-0.1, -0.05) is 12.1 Å². The third kappa shape index (κ3) is 1.44. The molecule has 0 N–H and O–H groups in total. The van der Waals surface area contributed by atoms with E-state index >= 15 is 0 Å². The summed E-state index contributed by atoms with van der Waals surface area (Å²) in [5.41, 5.74) is 3.07. The van der Waals surface area contributed by atoms with Crippen LogP contribution in [0.3, 0.4) is 0 Å². The van der Waals surface area contributed by atoms with Gasteiger partial charge >= 0.3 is 0 Å². The molecule has 80 valence electrons. The highest BCUT2D eigenvalue weighted by molar-refractivity contribution is 6.04. The average Bonchev–Trinajstić information content (AvgIpc) is 2.14. The number of hydrogen-bond acceptors (Lipinski definition) is 2. The quantitative estimate of drug-likeness (QED) is 0.646. The van der Waals surface area contributed by atoms with Gasteiger partial charge in [0.2, 0.25) is 0 Å². The Labute approximate surface area is 90.9 Å². The largest absolute Gasteiger partial charge is 0.368 e. The van der Waals surface area contributed by atoms with Crippen LogP contribution < -0.4 is 4.90 Å². The lowest BCUT2D eigenvalue weighted by Crippen LogP contribution is -2.47. The van der Waals surface area contributed by atoms with Crippen molar-refractivity contribution in [2.75, 3.05) is 11.9 Å². The highest BCUT2D eigenvalue weighted by Crippen LogP contribution is 2.37. The number of para-hydroxylation sites is 1. The Morgan fingerprint density at radius 3 is 2.67 bits per heavy atom. The Hall–Kier alpha value is -1.31. The molecular weight excluding hydrogens is 186 g/mol. The summed E-state index contributed by atoms with van der Waals surface area (Å²) in [6.45, 7) is 6.28. The zero-order valence-corrected chi connectivity index (χ0v) is 9.79. The second-order valence-electron chi connectivity index (χ2n) is 4.94. The van der Waals surface area contributed by atoms with Crippen molar-refractivity contribution in [2.24, 2.45) is 0 Å². The number of carbonyl (C=O) groups excluding carboxylic acids is 1. The number of nitrogens with zero attached hydrogens (tertiary/aromatic N) is 1. The van der Waals surface area contributed by atoms with Gasteiger partial charge in [0, 0.05) is 24.6 Å². The standard InChI is InChI=1S/C13H17NO/c1-9-6-5-7-10-11(15)8-13(2,3)14(4)12(9)10/h5-7H,8H2,1-4H3. The van der Waals surface area contributed by atoms with Gasteiger partial charge in [0.25, 0.3) is 0 Å². The molecule has 0 aromatic heterocycles. The minimum atomic E-state index is -0.0732. The maximum atomic E-state index is 12.0. The molecule has 0 saturated heterocycles. The molecule has 1 aromatic rings. The van der Waals surface area contributed by atoms with E-state index in [2.05, 4.69) is 38.8 Å². The van der Waals surface area contributed by atoms with Crippen LogP contribution in [-0.2, 0) is 0 Å². The molecule has 1 heterocycles. The Morgan fingerprint density at radius 1 is 1.33 bits per heavy atom. The average molecular weight is 203 g/mol. The van der Waals surface area contributed by atoms with E-state index in [4.69, 9.17) is 0 Å². The van der Waals surface area contributed by atoms with E-state index in [1.807, 2.05) is 12.1 Å². The number of aryl methyl sites for hydroxylation is 1. The molecular formula is C13H17NO. The normalized spacial score (nSPS) is 18.9. The highest BCUT2D eigenvalue weighted by Gasteiger charge is 2.35. The molecule has 1 aromatic carbocycles. The number of ketones is 1. The summed E-state index contributed by atoms with van der Waals surface area (Å²) in [6.07, 6.45) is 0.597. The Kier molecular flexibility index (Phi) is 2.10. The van der Waals surface area contributed by atoms with E-state index in [1.54, 1.807) is 0 Å². The summed E-state index contributed by atoms with van der Waals surface area (Å²) in [6, 6.07) is 5.94. The predicted octanol–water partition coefficient (Wildman–Crippen LogP) is 2.80. The van der Waals surface area contributed by atoms with Crippen molar-refractivity contribution < 1.29 is 4.79 Å². The highest BCUT2D eigenvalue weighted by atomic mass is 16.1. The molecule has 15 heavy (non-hydrogen) atoms. The first-order valence-electron chi connectivity index (χ1n) is 5.30. The van der Waals surface area contributed by atoms with Crippen LogP contribution in [0.4, 0.5) is 5.69 Å². The van der Waals surface area contributed by atoms with E-state index in [9.17, 15) is 4.79 Å². The Morgan fingerprint density at radius 2 is 2.00 bits per heavy atom. The van der Waals surface area contributed by atoms with Gasteiger partial charge in [-0.05, 0) is 32.4 Å². The minimum Gasteiger partial charge on any atom is -0.368 e. The van der Waals surface area contributed by atoms with Crippen molar-refractivity contribution in [3.8, 4) is 0 Å². The monoisotopic (exact) mass is 203 g/mol. The fraction of sp³-hybridized carbons (Fsp3) is 0.462. The maximum absolute atomic E-state index is 12.0. The van der Waals surface area contributed by atoms with Crippen molar-refractivity contribution in [3.63, 3.8) is 0 Å². The predicted molar refractivity (Wildman–Crippen MR) is 62.6 cm³/mol. The number of Topliss-reactive ketones (excluding diaryl/α,β-unsaturated/α-hetero) is 1. The molecule has 0 atom stereocenters. The summed E-state index contributed by atoms with van der Waals surface area (Å²) < 4.78 is 0. The number of fused-ring (bicyclic) bond motifs is 1. The summed E-state index contributed by atoms with van der Waals surface area (Å²) in [5, 5.41) is 0. The maximum Gasteiger partial charge on any atom is 0.167 e. The number of benzene rings is 1. The molecule has 0 aliphatic carbocycles. The molecule has 0 amide bonds. The Balaban J connectivity index is 2.65. The zero-order valence-electron chi connectivity index (χ0n) is 9.79. The summed E-state index contributed by atoms with van der Waals surface area (Å²) in [4.78, 5) is 14.2. The molecule has 0 unspecified atom stereocenters. The molecule has 0 fully saturated rings. The van der Waals surface area contributed by atoms with Crippen LogP contribution in [0.5, 0.6) is 0 Å². The van der Waals surface area contributed by atoms with Crippen LogP contribution in [0, 0.1) is 6.92 Å². The lowest BCUT2D eigenvalue weighted by Gasteiger charge is -2.42. The fourth-order valence-corrected chi connectivity index (χ4v) is 2.24. The van der Waals surface area contributed by atoms with Gasteiger partial charge in [0.1, 0.15) is 0 Å². The van der Waals surface area contributed by atoms with Gasteiger partial charge in [-0.3, -0.25) is 4.79 Å². The van der Waals surface area contributed by atoms with Gasteiger partial charge in [-0.2, -0.15) is 0 Å². The van der Waals surface area contributed by atoms with E-state index in [-0.39, 0.29) is 11.3 Å². The number of carbonyl (C=O) groups is 1. The van der Waals surface area contributed by atoms with Crippen LogP contribution in [0.2, 0.25) is 0 Å². The summed E-state index contributed by atoms with van der Waals surface area (Å²) in [5.74, 6) is 0.261. The van der Waals surface area contributed by atoms with E-state index < -0.39 is 0 Å². The smallest absolute Gasteiger partial charge is 0.167 e. The van der Waals surface area contributed by atoms with Crippen molar-refractivity contribution in [1.82, 2.24) is 0 Å². The van der Waals surface area contributed by atoms with Crippen molar-refractivity contribution in [2.45, 2.75) is 32.7 Å². The first-order valence-corrected chi connectivity index (χ1v) is 5.30. The van der Waals surface area contributed by atoms with Crippen molar-refractivity contribution in [1.29, 1.82) is 0 Å². The van der Waals surface area contributed by atoms with Crippen LogP contribution in [-0.4, -0.2) is 18.4 Å². The van der Waals surface area contributed by atoms with Gasteiger partial charge in [0.05, 0.1) is 5.69 Å². The lowest BCUT2D eigenvalue weighted by molar-refractivity contribution is 0.0949. The Bertz CT molecular complexity index is 421. The zero-order chi connectivity index (χ0) is 11.2. The second-order valence-corrected chi connectivity index (χ2v) is 4.94. The molecule has 1 aliphatic rings. The fourth-order valence-electron chi connectivity index (χ4n) is 2.24. The molecule has 2 heteroatoms. The molecule has 0 radical (unpaired) electrons. The van der Waals surface area contributed by atoms with Gasteiger partial charge in [0.15, 0.2) is 5.78 Å². The molecule has 0 saturated carbocycles. The molecule has 2 rings (SSSR count). The molecule has 1 aliphatic heterocycles. The van der Waals surface area contributed by atoms with Crippen LogP contribution in [0.1, 0.15) is 36.2 Å². The van der Waals surface area contributed by atoms with E-state index in [0.717, 1.165) is 11.3 Å². The third-order valence-electron chi connectivity index (χ3n) is 3.37. The van der Waals surface area contributed by atoms with Gasteiger partial charge in [-0.25, -0.2) is 0 Å². The third-order valence-corrected chi connectivity index (χ3v) is 3.37. The van der Waals surface area contributed by atoms with E-state index in [1.165, 1.54) is 5.56 Å². The molecule has 2 nitrogen and oxygen atoms in total. The topological polar surface area (TPSA) is 20.3 Å². The van der Waals surface area contributed by atoms with Crippen molar-refractivity contribution in [3.05, 3.63) is 29.3 Å². The van der Waals surface area contributed by atoms with Gasteiger partial charge in [-0.15, -0.1) is 0 Å². The number of rotatable bonds is 0. The molecule has 0 spiro atoms. The number of hydrogen-bond donors (Lipinski definition) is 0. The molecule has 0 bridgehead atoms. The second kappa shape index (κ2) is 3.09. The van der Waals surface area contributed by atoms with E-state index in [0.29, 0.717) is 6.42 Å².